The van der Waals surface area contributed by atoms with Gasteiger partial charge in [0.2, 0.25) is 0 Å². The smallest absolute Gasteiger partial charge is 0.111 e. The third kappa shape index (κ3) is 3.17. The molecule has 0 N–H and O–H groups in total. The summed E-state index contributed by atoms with van der Waals surface area (Å²) >= 11 is 0. The van der Waals surface area contributed by atoms with Gasteiger partial charge in [-0.2, -0.15) is 0 Å². The van der Waals surface area contributed by atoms with Gasteiger partial charge in [-0.1, -0.05) is 34.6 Å². The second kappa shape index (κ2) is 4.16. The fourth-order valence-electron chi connectivity index (χ4n) is 1.47. The van der Waals surface area contributed by atoms with Crippen molar-refractivity contribution in [3.8, 4) is 0 Å². The number of hydrogen-bond acceptors (Lipinski definition) is 1. The summed E-state index contributed by atoms with van der Waals surface area (Å²) < 4.78 is 2.27. The highest BCUT2D eigenvalue weighted by molar-refractivity contribution is 4.97. The first-order valence-corrected chi connectivity index (χ1v) is 5.41. The fourth-order valence-corrected chi connectivity index (χ4v) is 1.47. The maximum Gasteiger partial charge on any atom is 0.111 e. The molecule has 0 unspecified atom stereocenters. The van der Waals surface area contributed by atoms with Crippen molar-refractivity contribution >= 4 is 0 Å². The highest BCUT2D eigenvalue weighted by atomic mass is 15.1. The predicted molar refractivity (Wildman–Crippen MR) is 60.4 cm³/mol. The van der Waals surface area contributed by atoms with Crippen molar-refractivity contribution in [2.24, 2.45) is 5.41 Å². The molecule has 0 aliphatic carbocycles. The molecule has 0 amide bonds. The molecular weight excluding hydrogens is 172 g/mol. The van der Waals surface area contributed by atoms with Crippen LogP contribution in [-0.2, 0) is 6.54 Å². The van der Waals surface area contributed by atoms with Crippen LogP contribution in [0, 0.1) is 5.41 Å². The Morgan fingerprint density at radius 1 is 1.36 bits per heavy atom. The van der Waals surface area contributed by atoms with Gasteiger partial charge in [-0.05, 0) is 11.8 Å². The summed E-state index contributed by atoms with van der Waals surface area (Å²) in [6.07, 6.45) is 5.18. The summed E-state index contributed by atoms with van der Waals surface area (Å²) in [5, 5.41) is 0. The molecule has 0 aromatic carbocycles. The van der Waals surface area contributed by atoms with Crippen molar-refractivity contribution in [1.29, 1.82) is 0 Å². The zero-order valence-corrected chi connectivity index (χ0v) is 10.0. The highest BCUT2D eigenvalue weighted by Crippen LogP contribution is 2.21. The molecule has 0 aliphatic rings. The molecule has 0 saturated carbocycles. The molecule has 0 saturated heterocycles. The van der Waals surface area contributed by atoms with Gasteiger partial charge in [0, 0.05) is 24.9 Å². The van der Waals surface area contributed by atoms with Crippen molar-refractivity contribution in [3.05, 3.63) is 18.2 Å². The van der Waals surface area contributed by atoms with Gasteiger partial charge in [0.1, 0.15) is 5.82 Å². The maximum atomic E-state index is 4.38. The molecule has 0 radical (unpaired) electrons. The van der Waals surface area contributed by atoms with Gasteiger partial charge < -0.3 is 4.57 Å². The maximum absolute atomic E-state index is 4.38. The summed E-state index contributed by atoms with van der Waals surface area (Å²) in [6.45, 7) is 12.3. The predicted octanol–water partition coefficient (Wildman–Crippen LogP) is 3.44. The van der Waals surface area contributed by atoms with E-state index in [0.717, 1.165) is 6.54 Å². The van der Waals surface area contributed by atoms with Crippen molar-refractivity contribution in [2.45, 2.75) is 53.5 Å². The summed E-state index contributed by atoms with van der Waals surface area (Å²) in [4.78, 5) is 4.38. The average Bonchev–Trinajstić information content (AvgIpc) is 2.46. The van der Waals surface area contributed by atoms with E-state index in [1.54, 1.807) is 0 Å². The molecular formula is C12H22N2. The summed E-state index contributed by atoms with van der Waals surface area (Å²) in [7, 11) is 0. The summed E-state index contributed by atoms with van der Waals surface area (Å²) in [5.41, 5.74) is 0.401. The van der Waals surface area contributed by atoms with Gasteiger partial charge >= 0.3 is 0 Å². The van der Waals surface area contributed by atoms with Gasteiger partial charge in [-0.15, -0.1) is 0 Å². The molecule has 0 bridgehead atoms. The largest absolute Gasteiger partial charge is 0.335 e. The number of aryl methyl sites for hydroxylation is 1. The molecule has 0 atom stereocenters. The lowest BCUT2D eigenvalue weighted by molar-refractivity contribution is 0.346. The average molecular weight is 194 g/mol. The number of hydrogen-bond donors (Lipinski definition) is 0. The standard InChI is InChI=1S/C12H22N2/c1-10(2)11-13-7-9-14(11)8-6-12(3,4)5/h7,9-10H,6,8H2,1-5H3. The van der Waals surface area contributed by atoms with Crippen LogP contribution in [-0.4, -0.2) is 9.55 Å². The minimum absolute atomic E-state index is 0.401. The van der Waals surface area contributed by atoms with Crippen molar-refractivity contribution < 1.29 is 0 Å². The quantitative estimate of drug-likeness (QED) is 0.720. The van der Waals surface area contributed by atoms with E-state index in [-0.39, 0.29) is 0 Å². The van der Waals surface area contributed by atoms with Crippen LogP contribution in [0.4, 0.5) is 0 Å². The van der Waals surface area contributed by atoms with Gasteiger partial charge in [-0.25, -0.2) is 4.98 Å². The Hall–Kier alpha value is -0.790. The van der Waals surface area contributed by atoms with Crippen molar-refractivity contribution in [1.82, 2.24) is 9.55 Å². The Kier molecular flexibility index (Phi) is 3.35. The van der Waals surface area contributed by atoms with E-state index < -0.39 is 0 Å². The van der Waals surface area contributed by atoms with Crippen LogP contribution in [0.5, 0.6) is 0 Å². The number of imidazole rings is 1. The van der Waals surface area contributed by atoms with E-state index in [9.17, 15) is 0 Å². The van der Waals surface area contributed by atoms with Crippen LogP contribution < -0.4 is 0 Å². The van der Waals surface area contributed by atoms with Gasteiger partial charge in [-0.3, -0.25) is 0 Å². The molecule has 2 heteroatoms. The molecule has 1 aromatic rings. The Bertz CT molecular complexity index is 279. The SMILES string of the molecule is CC(C)c1nccn1CCC(C)(C)C. The molecule has 0 fully saturated rings. The molecule has 0 spiro atoms. The normalized spacial score (nSPS) is 12.4. The lowest BCUT2D eigenvalue weighted by Gasteiger charge is -2.19. The second-order valence-electron chi connectivity index (χ2n) is 5.44. The van der Waals surface area contributed by atoms with E-state index in [2.05, 4.69) is 50.4 Å². The number of nitrogens with zero attached hydrogens (tertiary/aromatic N) is 2. The first-order valence-electron chi connectivity index (χ1n) is 5.41. The monoisotopic (exact) mass is 194 g/mol. The number of rotatable bonds is 3. The van der Waals surface area contributed by atoms with Gasteiger partial charge in [0.15, 0.2) is 0 Å². The zero-order chi connectivity index (χ0) is 10.8. The van der Waals surface area contributed by atoms with Crippen LogP contribution in [0.2, 0.25) is 0 Å². The summed E-state index contributed by atoms with van der Waals surface area (Å²) in [5.74, 6) is 1.72. The van der Waals surface area contributed by atoms with Crippen LogP contribution in [0.25, 0.3) is 0 Å². The van der Waals surface area contributed by atoms with Crippen molar-refractivity contribution in [2.75, 3.05) is 0 Å². The zero-order valence-electron chi connectivity index (χ0n) is 10.0. The van der Waals surface area contributed by atoms with Crippen LogP contribution in [0.15, 0.2) is 12.4 Å². The van der Waals surface area contributed by atoms with E-state index >= 15 is 0 Å². The third-order valence-corrected chi connectivity index (χ3v) is 2.37. The molecule has 1 aromatic heterocycles. The van der Waals surface area contributed by atoms with E-state index in [4.69, 9.17) is 0 Å². The van der Waals surface area contributed by atoms with Crippen LogP contribution in [0.3, 0.4) is 0 Å². The van der Waals surface area contributed by atoms with Crippen LogP contribution in [0.1, 0.15) is 52.8 Å². The van der Waals surface area contributed by atoms with E-state index in [1.165, 1.54) is 12.2 Å². The molecule has 2 nitrogen and oxygen atoms in total. The lowest BCUT2D eigenvalue weighted by Crippen LogP contribution is -2.12. The topological polar surface area (TPSA) is 17.8 Å². The van der Waals surface area contributed by atoms with Crippen molar-refractivity contribution in [3.63, 3.8) is 0 Å². The van der Waals surface area contributed by atoms with Gasteiger partial charge in [0.05, 0.1) is 0 Å². The fraction of sp³-hybridized carbons (Fsp3) is 0.750. The van der Waals surface area contributed by atoms with E-state index in [0.29, 0.717) is 11.3 Å². The van der Waals surface area contributed by atoms with Gasteiger partial charge in [0.25, 0.3) is 0 Å². The Morgan fingerprint density at radius 2 is 2.00 bits per heavy atom. The molecule has 0 aliphatic heterocycles. The Morgan fingerprint density at radius 3 is 2.50 bits per heavy atom. The first kappa shape index (κ1) is 11.3. The molecule has 14 heavy (non-hydrogen) atoms. The second-order valence-corrected chi connectivity index (χ2v) is 5.44. The minimum Gasteiger partial charge on any atom is -0.335 e. The molecule has 80 valence electrons. The lowest BCUT2D eigenvalue weighted by atomic mass is 9.92. The third-order valence-electron chi connectivity index (χ3n) is 2.37. The summed E-state index contributed by atoms with van der Waals surface area (Å²) in [6, 6.07) is 0. The number of aromatic nitrogens is 2. The highest BCUT2D eigenvalue weighted by Gasteiger charge is 2.12. The molecule has 1 rings (SSSR count). The minimum atomic E-state index is 0.401. The Labute approximate surface area is 87.4 Å². The van der Waals surface area contributed by atoms with E-state index in [1.807, 2.05) is 6.20 Å². The first-order chi connectivity index (χ1) is 6.40. The Balaban J connectivity index is 2.63. The van der Waals surface area contributed by atoms with Crippen LogP contribution >= 0.6 is 0 Å². The molecule has 1 heterocycles.